The minimum Gasteiger partial charge on any atom is -0.340 e. The lowest BCUT2D eigenvalue weighted by Gasteiger charge is -2.34. The maximum atomic E-state index is 12.3. The summed E-state index contributed by atoms with van der Waals surface area (Å²) in [6.45, 7) is 3.72. The van der Waals surface area contributed by atoms with E-state index in [4.69, 9.17) is 0 Å². The number of nitrogens with zero attached hydrogens (tertiary/aromatic N) is 2. The normalized spacial score (nSPS) is 21.4. The molecule has 4 amide bonds. The van der Waals surface area contributed by atoms with Crippen molar-refractivity contribution in [1.82, 2.24) is 20.4 Å². The van der Waals surface area contributed by atoms with Crippen LogP contribution in [0.3, 0.4) is 0 Å². The van der Waals surface area contributed by atoms with Crippen molar-refractivity contribution < 1.29 is 14.4 Å². The number of carbonyl (C=O) groups is 3. The third kappa shape index (κ3) is 4.67. The van der Waals surface area contributed by atoms with Crippen LogP contribution in [0.15, 0.2) is 36.4 Å². The highest BCUT2D eigenvalue weighted by Gasteiger charge is 2.33. The van der Waals surface area contributed by atoms with Crippen LogP contribution < -0.4 is 10.6 Å². The van der Waals surface area contributed by atoms with Crippen LogP contribution in [0.2, 0.25) is 0 Å². The average molecular weight is 342 g/mol. The van der Waals surface area contributed by atoms with E-state index in [1.807, 2.05) is 18.2 Å². The highest BCUT2D eigenvalue weighted by molar-refractivity contribution is 6.05. The van der Waals surface area contributed by atoms with Gasteiger partial charge in [0, 0.05) is 32.7 Å². The summed E-state index contributed by atoms with van der Waals surface area (Å²) in [6, 6.07) is 8.86. The molecule has 132 valence electrons. The summed E-state index contributed by atoms with van der Waals surface area (Å²) >= 11 is 0. The largest absolute Gasteiger partial charge is 0.340 e. The average Bonchev–Trinajstić information content (AvgIpc) is 2.93. The second-order valence-corrected chi connectivity index (χ2v) is 6.21. The van der Waals surface area contributed by atoms with Crippen LogP contribution >= 0.6 is 0 Å². The number of carbonyl (C=O) groups excluding carboxylic acids is 3. The lowest BCUT2D eigenvalue weighted by molar-refractivity contribution is -0.135. The third-order valence-electron chi connectivity index (χ3n) is 4.44. The van der Waals surface area contributed by atoms with Crippen molar-refractivity contribution in [2.24, 2.45) is 0 Å². The smallest absolute Gasteiger partial charge is 0.322 e. The summed E-state index contributed by atoms with van der Waals surface area (Å²) < 4.78 is 0. The number of piperazine rings is 1. The zero-order valence-corrected chi connectivity index (χ0v) is 14.0. The summed E-state index contributed by atoms with van der Waals surface area (Å²) in [5.41, 5.74) is 1.17. The number of benzene rings is 1. The van der Waals surface area contributed by atoms with Gasteiger partial charge in [-0.2, -0.15) is 0 Å². The molecule has 2 heterocycles. The van der Waals surface area contributed by atoms with Crippen LogP contribution in [-0.4, -0.2) is 66.4 Å². The molecule has 2 aliphatic heterocycles. The molecule has 0 aliphatic carbocycles. The topological polar surface area (TPSA) is 81.8 Å². The van der Waals surface area contributed by atoms with Gasteiger partial charge in [-0.15, -0.1) is 0 Å². The number of hydrogen-bond donors (Lipinski definition) is 2. The van der Waals surface area contributed by atoms with Gasteiger partial charge in [-0.1, -0.05) is 42.5 Å². The maximum absolute atomic E-state index is 12.3. The quantitative estimate of drug-likeness (QED) is 0.761. The molecule has 3 rings (SSSR count). The van der Waals surface area contributed by atoms with E-state index in [0.717, 1.165) is 19.6 Å². The SMILES string of the molecule is O=C1NC(=O)C(CC(=O)N2CCN(CC=Cc3ccccc3)CC2)N1. The molecule has 1 unspecified atom stereocenters. The van der Waals surface area contributed by atoms with Gasteiger partial charge in [0.2, 0.25) is 5.91 Å². The molecule has 2 N–H and O–H groups in total. The van der Waals surface area contributed by atoms with E-state index in [9.17, 15) is 14.4 Å². The molecular formula is C18H22N4O3. The fourth-order valence-corrected chi connectivity index (χ4v) is 2.99. The Hall–Kier alpha value is -2.67. The molecule has 2 fully saturated rings. The molecule has 1 atom stereocenters. The van der Waals surface area contributed by atoms with Crippen LogP contribution in [0.1, 0.15) is 12.0 Å². The second kappa shape index (κ2) is 7.94. The maximum Gasteiger partial charge on any atom is 0.322 e. The fraction of sp³-hybridized carbons (Fsp3) is 0.389. The lowest BCUT2D eigenvalue weighted by Crippen LogP contribution is -2.50. The summed E-state index contributed by atoms with van der Waals surface area (Å²) in [6.07, 6.45) is 4.25. The van der Waals surface area contributed by atoms with Gasteiger partial charge in [0.15, 0.2) is 0 Å². The standard InChI is InChI=1S/C18H22N4O3/c23-16(13-15-17(24)20-18(25)19-15)22-11-9-21(10-12-22)8-4-7-14-5-2-1-3-6-14/h1-7,15H,8-13H2,(H2,19,20,24,25). The number of urea groups is 1. The Morgan fingerprint density at radius 1 is 1.12 bits per heavy atom. The van der Waals surface area contributed by atoms with Crippen molar-refractivity contribution >= 4 is 23.9 Å². The highest BCUT2D eigenvalue weighted by Crippen LogP contribution is 2.08. The Morgan fingerprint density at radius 3 is 2.48 bits per heavy atom. The Morgan fingerprint density at radius 2 is 1.84 bits per heavy atom. The van der Waals surface area contributed by atoms with E-state index in [1.165, 1.54) is 5.56 Å². The molecule has 25 heavy (non-hydrogen) atoms. The number of amides is 4. The van der Waals surface area contributed by atoms with Gasteiger partial charge in [-0.05, 0) is 5.56 Å². The Labute approximate surface area is 146 Å². The van der Waals surface area contributed by atoms with Gasteiger partial charge < -0.3 is 10.2 Å². The first kappa shape index (κ1) is 17.2. The lowest BCUT2D eigenvalue weighted by atomic mass is 10.1. The molecule has 2 aliphatic rings. The summed E-state index contributed by atoms with van der Waals surface area (Å²) in [5, 5.41) is 4.60. The minimum absolute atomic E-state index is 0.0193. The van der Waals surface area contributed by atoms with E-state index in [2.05, 4.69) is 39.8 Å². The number of nitrogens with one attached hydrogen (secondary N) is 2. The van der Waals surface area contributed by atoms with Gasteiger partial charge in [0.05, 0.1) is 6.42 Å². The van der Waals surface area contributed by atoms with Crippen LogP contribution in [0.4, 0.5) is 4.79 Å². The fourth-order valence-electron chi connectivity index (χ4n) is 2.99. The molecule has 1 aromatic carbocycles. The predicted molar refractivity (Wildman–Crippen MR) is 93.6 cm³/mol. The van der Waals surface area contributed by atoms with Crippen molar-refractivity contribution in [2.45, 2.75) is 12.5 Å². The van der Waals surface area contributed by atoms with Crippen molar-refractivity contribution in [2.75, 3.05) is 32.7 Å². The first-order valence-corrected chi connectivity index (χ1v) is 8.45. The van der Waals surface area contributed by atoms with Crippen molar-refractivity contribution in [3.8, 4) is 0 Å². The van der Waals surface area contributed by atoms with E-state index in [0.29, 0.717) is 13.1 Å². The first-order chi connectivity index (χ1) is 12.1. The zero-order valence-electron chi connectivity index (χ0n) is 14.0. The van der Waals surface area contributed by atoms with E-state index in [-0.39, 0.29) is 12.3 Å². The summed E-state index contributed by atoms with van der Waals surface area (Å²) in [5.74, 6) is -0.523. The molecule has 0 saturated carbocycles. The van der Waals surface area contributed by atoms with Crippen molar-refractivity contribution in [3.05, 3.63) is 42.0 Å². The monoisotopic (exact) mass is 342 g/mol. The number of hydrogen-bond acceptors (Lipinski definition) is 4. The molecule has 7 nitrogen and oxygen atoms in total. The van der Waals surface area contributed by atoms with Crippen molar-refractivity contribution in [1.29, 1.82) is 0 Å². The number of rotatable bonds is 5. The predicted octanol–water partition coefficient (Wildman–Crippen LogP) is 0.442. The highest BCUT2D eigenvalue weighted by atomic mass is 16.2. The van der Waals surface area contributed by atoms with Gasteiger partial charge >= 0.3 is 6.03 Å². The Balaban J connectivity index is 1.41. The zero-order chi connectivity index (χ0) is 17.6. The van der Waals surface area contributed by atoms with Crippen LogP contribution in [0, 0.1) is 0 Å². The molecule has 1 aromatic rings. The van der Waals surface area contributed by atoms with Gasteiger partial charge in [0.1, 0.15) is 6.04 Å². The third-order valence-corrected chi connectivity index (χ3v) is 4.44. The number of imide groups is 1. The van der Waals surface area contributed by atoms with E-state index < -0.39 is 18.0 Å². The first-order valence-electron chi connectivity index (χ1n) is 8.45. The van der Waals surface area contributed by atoms with Crippen LogP contribution in [-0.2, 0) is 9.59 Å². The molecule has 2 saturated heterocycles. The second-order valence-electron chi connectivity index (χ2n) is 6.21. The molecule has 0 aromatic heterocycles. The molecule has 7 heteroatoms. The van der Waals surface area contributed by atoms with Gasteiger partial charge in [-0.3, -0.25) is 19.8 Å². The van der Waals surface area contributed by atoms with E-state index >= 15 is 0 Å². The minimum atomic E-state index is -0.744. The van der Waals surface area contributed by atoms with Gasteiger partial charge in [0.25, 0.3) is 5.91 Å². The summed E-state index contributed by atoms with van der Waals surface area (Å²) in [7, 11) is 0. The van der Waals surface area contributed by atoms with Gasteiger partial charge in [-0.25, -0.2) is 4.79 Å². The molecule has 0 radical (unpaired) electrons. The van der Waals surface area contributed by atoms with Crippen molar-refractivity contribution in [3.63, 3.8) is 0 Å². The summed E-state index contributed by atoms with van der Waals surface area (Å²) in [4.78, 5) is 38.9. The molecular weight excluding hydrogens is 320 g/mol. The van der Waals surface area contributed by atoms with Crippen LogP contribution in [0.25, 0.3) is 6.08 Å². The Kier molecular flexibility index (Phi) is 5.45. The Bertz CT molecular complexity index is 666. The van der Waals surface area contributed by atoms with Crippen LogP contribution in [0.5, 0.6) is 0 Å². The molecule has 0 bridgehead atoms. The molecule has 0 spiro atoms. The van der Waals surface area contributed by atoms with E-state index in [1.54, 1.807) is 4.90 Å².